The van der Waals surface area contributed by atoms with E-state index in [-0.39, 0.29) is 57.1 Å². The minimum atomic E-state index is 0. The monoisotopic (exact) mass is 1490 g/mol. The number of rotatable bonds is 27. The Morgan fingerprint density at radius 2 is 0.519 bits per heavy atom. The van der Waals surface area contributed by atoms with Crippen LogP contribution in [-0.4, -0.2) is 41.9 Å². The van der Waals surface area contributed by atoms with Crippen LogP contribution in [-0.2, 0) is 97.3 Å². The lowest BCUT2D eigenvalue weighted by atomic mass is 10.0. The molecule has 15 rings (SSSR count). The van der Waals surface area contributed by atoms with Crippen LogP contribution in [0.4, 0.5) is 0 Å². The van der Waals surface area contributed by atoms with Crippen molar-refractivity contribution in [2.75, 3.05) is 0 Å². The third-order valence-electron chi connectivity index (χ3n) is 17.7. The van der Waals surface area contributed by atoms with Crippen molar-refractivity contribution >= 4 is 61.2 Å². The second kappa shape index (κ2) is 41.1. The van der Waals surface area contributed by atoms with Gasteiger partial charge in [-0.2, -0.15) is 0 Å². The molecule has 0 bridgehead atoms. The third kappa shape index (κ3) is 24.2. The molecule has 7 aromatic heterocycles. The van der Waals surface area contributed by atoms with Crippen LogP contribution in [0.25, 0.3) is 0 Å². The Bertz CT molecular complexity index is 4590. The number of hydrogen-bond acceptors (Lipinski definition) is 2. The summed E-state index contributed by atoms with van der Waals surface area (Å²) in [5.74, 6) is 0.570. The maximum atomic E-state index is 5.81. The molecule has 19 heteroatoms. The zero-order chi connectivity index (χ0) is 67.1. The number of nitrogens with zero attached hydrogens (tertiary/aromatic N) is 14. The van der Waals surface area contributed by atoms with Crippen molar-refractivity contribution in [3.63, 3.8) is 0 Å². The number of benzene rings is 8. The number of hydrogen-bond donors (Lipinski definition) is 0. The molecule has 0 spiro atoms. The number of alkyl halides is 1. The molecule has 0 amide bonds. The van der Waals surface area contributed by atoms with Gasteiger partial charge < -0.3 is 9.13 Å². The Hall–Kier alpha value is -10.3. The minimum Gasteiger partial charge on any atom is -0.333 e. The van der Waals surface area contributed by atoms with E-state index in [1.54, 1.807) is 12.4 Å². The highest BCUT2D eigenvalue weighted by Crippen LogP contribution is 2.16. The molecule has 0 aliphatic carbocycles. The molecule has 15 aromatic rings. The third-order valence-corrected chi connectivity index (χ3v) is 18.1. The summed E-state index contributed by atoms with van der Waals surface area (Å²) in [4.78, 5) is 8.14. The number of aryl methyl sites for hydroxylation is 4. The highest BCUT2D eigenvalue weighted by Gasteiger charge is 2.14. The molecule has 0 saturated carbocycles. The van der Waals surface area contributed by atoms with Crippen molar-refractivity contribution in [3.05, 3.63) is 416 Å². The first-order valence-electron chi connectivity index (χ1n) is 34.1. The first kappa shape index (κ1) is 79.4. The van der Waals surface area contributed by atoms with Crippen molar-refractivity contribution in [2.45, 2.75) is 105 Å². The molecular formula is C85H94Cl5N14+5. The van der Waals surface area contributed by atoms with E-state index in [4.69, 9.17) is 11.6 Å². The molecule has 8 aromatic carbocycles. The largest absolute Gasteiger partial charge is 0.333 e. The Balaban J connectivity index is 0.000000253. The molecule has 0 fully saturated rings. The van der Waals surface area contributed by atoms with Gasteiger partial charge in [-0.05, 0) is 72.3 Å². The van der Waals surface area contributed by atoms with Gasteiger partial charge in [-0.3, -0.25) is 0 Å². The van der Waals surface area contributed by atoms with E-state index < -0.39 is 0 Å². The van der Waals surface area contributed by atoms with Gasteiger partial charge in [0.2, 0.25) is 31.6 Å². The summed E-state index contributed by atoms with van der Waals surface area (Å²) in [6, 6.07) is 75.6. The molecule has 0 aliphatic rings. The number of imidazole rings is 7. The molecule has 0 radical (unpaired) electrons. The maximum absolute atomic E-state index is 5.81. The van der Waals surface area contributed by atoms with Gasteiger partial charge in [-0.1, -0.05) is 220 Å². The molecule has 104 heavy (non-hydrogen) atoms. The SMILES string of the molecule is C.Cl.Cl.Cl.Cl.ClCc1ccc(Cn2cc[n+](Cc3ccccc3)c2)cc1.c1ccc(C[n+]2ccn(Cc3ccc(C[n+]4ccn(CCc5ccccc5CCn5cc[n+](Cc6ccc(Cn7cc[n+](Cc8ccccc8)c7)cc6)c5)c4)cc3)c2)cc1.c1ccc(Cn2ccnc2)c(Cn2ccnc2)c1. The van der Waals surface area contributed by atoms with Crippen molar-refractivity contribution in [1.29, 1.82) is 0 Å². The summed E-state index contributed by atoms with van der Waals surface area (Å²) >= 11 is 5.81. The summed E-state index contributed by atoms with van der Waals surface area (Å²) in [5, 5.41) is 0. The molecule has 0 atom stereocenters. The topological polar surface area (TPSA) is 79.7 Å². The van der Waals surface area contributed by atoms with Crippen molar-refractivity contribution < 1.29 is 22.8 Å². The van der Waals surface area contributed by atoms with E-state index in [1.807, 2.05) is 31.1 Å². The van der Waals surface area contributed by atoms with Gasteiger partial charge in [0.1, 0.15) is 114 Å². The van der Waals surface area contributed by atoms with Crippen molar-refractivity contribution in [2.24, 2.45) is 0 Å². The van der Waals surface area contributed by atoms with Crippen molar-refractivity contribution in [1.82, 2.24) is 41.9 Å². The minimum absolute atomic E-state index is 0. The average molecular weight is 1490 g/mol. The average Bonchev–Trinajstić information content (AvgIpc) is 1.67. The maximum Gasteiger partial charge on any atom is 0.244 e. The van der Waals surface area contributed by atoms with Gasteiger partial charge in [0, 0.05) is 56.6 Å². The molecule has 7 heterocycles. The van der Waals surface area contributed by atoms with Gasteiger partial charge in [0.25, 0.3) is 0 Å². The zero-order valence-electron chi connectivity index (χ0n) is 57.7. The van der Waals surface area contributed by atoms with Gasteiger partial charge in [0.05, 0.1) is 25.7 Å². The van der Waals surface area contributed by atoms with E-state index in [1.165, 1.54) is 66.8 Å². The fourth-order valence-corrected chi connectivity index (χ4v) is 12.6. The van der Waals surface area contributed by atoms with Gasteiger partial charge in [0.15, 0.2) is 0 Å². The zero-order valence-corrected chi connectivity index (χ0v) is 61.7. The Morgan fingerprint density at radius 3 is 0.817 bits per heavy atom. The van der Waals surface area contributed by atoms with Crippen LogP contribution >= 0.6 is 61.2 Å². The Morgan fingerprint density at radius 1 is 0.260 bits per heavy atom. The normalized spacial score (nSPS) is 10.5. The lowest BCUT2D eigenvalue weighted by Crippen LogP contribution is -2.31. The van der Waals surface area contributed by atoms with Crippen LogP contribution in [0.5, 0.6) is 0 Å². The number of halogens is 5. The molecule has 0 N–H and O–H groups in total. The second-order valence-corrected chi connectivity index (χ2v) is 25.7. The van der Waals surface area contributed by atoms with E-state index in [9.17, 15) is 0 Å². The molecule has 14 nitrogen and oxygen atoms in total. The standard InChI is InChI=1S/C52H54N8.C18H18ClN2.C14H14N4.CH4.4ClH/c1-3-9-45(10-4-1)35-57-31-33-59(43-57)39-49-19-15-47(16-20-49)37-55-29-27-53(41-55)25-23-51-13-7-8-14-52(51)24-26-54-28-30-56(42-54)38-48-17-21-50(22-18-48)40-60-34-32-58(44-60)36-46-11-5-2-6-12-46;19-12-16-6-8-18(9-7-16)14-21-11-10-20(15-21)13-17-4-2-1-3-5-17;1-2-4-14(10-18-8-6-16-12-18)13(3-1)9-17-7-5-15-11-17;;;;;/h1-22,27-34,41-44H,23-26,35-40H2;1-11,15H,12-14H2;1-8,11-12H,9-10H2;1H4;4*1H/q+4;+1;;;;;;. The first-order valence-corrected chi connectivity index (χ1v) is 34.6. The summed E-state index contributed by atoms with van der Waals surface area (Å²) in [6.07, 6.45) is 45.8. The van der Waals surface area contributed by atoms with E-state index in [2.05, 4.69) is 365 Å². The van der Waals surface area contributed by atoms with Gasteiger partial charge >= 0.3 is 0 Å². The van der Waals surface area contributed by atoms with Crippen LogP contribution in [0.3, 0.4) is 0 Å². The van der Waals surface area contributed by atoms with Crippen molar-refractivity contribution in [3.8, 4) is 0 Å². The van der Waals surface area contributed by atoms with Crippen LogP contribution in [0.15, 0.2) is 343 Å². The Labute approximate surface area is 642 Å². The van der Waals surface area contributed by atoms with Crippen LogP contribution in [0.2, 0.25) is 0 Å². The fourth-order valence-electron chi connectivity index (χ4n) is 12.4. The molecule has 0 aliphatic heterocycles. The van der Waals surface area contributed by atoms with Gasteiger partial charge in [-0.25, -0.2) is 55.6 Å². The van der Waals surface area contributed by atoms with Crippen LogP contribution in [0.1, 0.15) is 79.8 Å². The smallest absolute Gasteiger partial charge is 0.244 e. The summed E-state index contributed by atoms with van der Waals surface area (Å²) in [5.41, 5.74) is 17.1. The van der Waals surface area contributed by atoms with Crippen LogP contribution < -0.4 is 22.8 Å². The number of aromatic nitrogens is 14. The molecular weight excluding hydrogens is 1390 g/mol. The first-order chi connectivity index (χ1) is 48.9. The van der Waals surface area contributed by atoms with Crippen LogP contribution in [0, 0.1) is 0 Å². The predicted molar refractivity (Wildman–Crippen MR) is 423 cm³/mol. The molecule has 0 unspecified atom stereocenters. The summed E-state index contributed by atoms with van der Waals surface area (Å²) < 4.78 is 26.7. The summed E-state index contributed by atoms with van der Waals surface area (Å²) in [6.45, 7) is 10.6. The predicted octanol–water partition coefficient (Wildman–Crippen LogP) is 14.9. The fraction of sp³-hybridized carbons (Fsp3) is 0.188. The van der Waals surface area contributed by atoms with Gasteiger partial charge in [-0.15, -0.1) is 61.2 Å². The van der Waals surface area contributed by atoms with E-state index in [0.717, 1.165) is 96.9 Å². The van der Waals surface area contributed by atoms with E-state index in [0.29, 0.717) is 5.88 Å². The quantitative estimate of drug-likeness (QED) is 0.0380. The highest BCUT2D eigenvalue weighted by atomic mass is 35.5. The highest BCUT2D eigenvalue weighted by molar-refractivity contribution is 6.17. The molecule has 0 saturated heterocycles. The lowest BCUT2D eigenvalue weighted by Gasteiger charge is -2.10. The Kier molecular flexibility index (Phi) is 31.4. The lowest BCUT2D eigenvalue weighted by molar-refractivity contribution is -0.688. The molecule has 534 valence electrons. The second-order valence-electron chi connectivity index (χ2n) is 25.5. The summed E-state index contributed by atoms with van der Waals surface area (Å²) in [7, 11) is 0. The van der Waals surface area contributed by atoms with E-state index >= 15 is 0 Å².